The van der Waals surface area contributed by atoms with Gasteiger partial charge in [0.05, 0.1) is 68.5 Å². The van der Waals surface area contributed by atoms with Crippen LogP contribution in [0.2, 0.25) is 0 Å². The van der Waals surface area contributed by atoms with Gasteiger partial charge >= 0.3 is 0 Å². The summed E-state index contributed by atoms with van der Waals surface area (Å²) in [6.07, 6.45) is -0.578. The zero-order valence-electron chi connectivity index (χ0n) is 36.9. The number of nitrogens with zero attached hydrogens (tertiary/aromatic N) is 6. The number of amides is 4. The first kappa shape index (κ1) is 45.5. The lowest BCUT2D eigenvalue weighted by atomic mass is 10.0. The molecule has 2 aromatic carbocycles. The number of aryl methyl sites for hydroxylation is 3. The van der Waals surface area contributed by atoms with Gasteiger partial charge in [0.1, 0.15) is 29.3 Å². The van der Waals surface area contributed by atoms with E-state index in [0.717, 1.165) is 43.4 Å². The van der Waals surface area contributed by atoms with E-state index >= 15 is 0 Å². The molecule has 0 saturated carbocycles. The van der Waals surface area contributed by atoms with Crippen LogP contribution < -0.4 is 10.6 Å². The summed E-state index contributed by atoms with van der Waals surface area (Å²) in [7, 11) is 0. The van der Waals surface area contributed by atoms with E-state index in [4.69, 9.17) is 13.8 Å². The normalized spacial score (nSPS) is 19.4. The highest BCUT2D eigenvalue weighted by molar-refractivity contribution is 7.13. The van der Waals surface area contributed by atoms with Gasteiger partial charge in [-0.05, 0) is 56.4 Å². The summed E-state index contributed by atoms with van der Waals surface area (Å²) in [5.74, 6) is -2.04. The number of β-amino-alcohol motifs (C(OH)–C–C–N with tert-alkyl or cyclic N) is 1. The van der Waals surface area contributed by atoms with Crippen LogP contribution in [0.15, 0.2) is 80.7 Å². The molecule has 18 heteroatoms. The van der Waals surface area contributed by atoms with Crippen molar-refractivity contribution in [3.8, 4) is 20.9 Å². The Morgan fingerprint density at radius 1 is 0.769 bits per heavy atom. The zero-order chi connectivity index (χ0) is 45.8. The predicted molar refractivity (Wildman–Crippen MR) is 242 cm³/mol. The third kappa shape index (κ3) is 10.3. The summed E-state index contributed by atoms with van der Waals surface area (Å²) >= 11 is 3.15. The lowest BCUT2D eigenvalue weighted by Gasteiger charge is -2.26. The molecule has 65 heavy (non-hydrogen) atoms. The number of carbonyl (C=O) groups excluding carboxylic acids is 4. The van der Waals surface area contributed by atoms with Crippen LogP contribution in [0.5, 0.6) is 0 Å². The molecule has 4 aromatic heterocycles. The molecule has 0 spiro atoms. The monoisotopic (exact) mass is 920 g/mol. The number of benzene rings is 2. The van der Waals surface area contributed by atoms with Crippen molar-refractivity contribution in [2.24, 2.45) is 0 Å². The van der Waals surface area contributed by atoms with Crippen molar-refractivity contribution in [2.75, 3.05) is 13.1 Å². The molecule has 16 nitrogen and oxygen atoms in total. The number of hydrogen-bond acceptors (Lipinski definition) is 14. The number of rotatable bonds is 16. The van der Waals surface area contributed by atoms with E-state index in [0.29, 0.717) is 23.6 Å². The molecule has 2 saturated heterocycles. The van der Waals surface area contributed by atoms with Crippen molar-refractivity contribution in [2.45, 2.75) is 110 Å². The minimum atomic E-state index is -0.859. The van der Waals surface area contributed by atoms with Gasteiger partial charge in [0.15, 0.2) is 0 Å². The summed E-state index contributed by atoms with van der Waals surface area (Å²) in [6.45, 7) is 9.97. The highest BCUT2D eigenvalue weighted by Crippen LogP contribution is 2.32. The first-order valence-electron chi connectivity index (χ1n) is 21.7. The van der Waals surface area contributed by atoms with E-state index in [1.807, 2.05) is 80.3 Å². The van der Waals surface area contributed by atoms with Crippen molar-refractivity contribution in [3.05, 3.63) is 117 Å². The first-order valence-corrected chi connectivity index (χ1v) is 23.5. The molecule has 0 aliphatic carbocycles. The third-order valence-electron chi connectivity index (χ3n) is 12.1. The van der Waals surface area contributed by atoms with Gasteiger partial charge in [-0.15, -0.1) is 22.7 Å². The Morgan fingerprint density at radius 2 is 1.32 bits per heavy atom. The van der Waals surface area contributed by atoms with Crippen molar-refractivity contribution < 1.29 is 38.1 Å². The predicted octanol–water partition coefficient (Wildman–Crippen LogP) is 6.21. The van der Waals surface area contributed by atoms with Crippen LogP contribution in [0, 0.1) is 20.8 Å². The smallest absolute Gasteiger partial charge is 0.243 e. The quantitative estimate of drug-likeness (QED) is 0.0991. The van der Waals surface area contributed by atoms with Crippen molar-refractivity contribution >= 4 is 46.3 Å². The van der Waals surface area contributed by atoms with Crippen molar-refractivity contribution in [1.29, 1.82) is 0 Å². The second-order valence-electron chi connectivity index (χ2n) is 16.7. The molecule has 6 atom stereocenters. The topological polar surface area (TPSA) is 206 Å². The maximum Gasteiger partial charge on any atom is 0.243 e. The number of ether oxygens (including phenoxy) is 1. The Kier molecular flexibility index (Phi) is 14.0. The number of nitrogens with one attached hydrogen (secondary N) is 2. The van der Waals surface area contributed by atoms with Gasteiger partial charge in [0.2, 0.25) is 23.6 Å². The van der Waals surface area contributed by atoms with Crippen molar-refractivity contribution in [3.63, 3.8) is 0 Å². The van der Waals surface area contributed by atoms with Gasteiger partial charge in [-0.25, -0.2) is 9.97 Å². The maximum atomic E-state index is 14.2. The number of aliphatic hydroxyl groups is 1. The Balaban J connectivity index is 0.880. The fourth-order valence-electron chi connectivity index (χ4n) is 8.46. The van der Waals surface area contributed by atoms with Crippen LogP contribution in [0.3, 0.4) is 0 Å². The van der Waals surface area contributed by atoms with Crippen LogP contribution in [0.4, 0.5) is 0 Å². The highest BCUT2D eigenvalue weighted by atomic mass is 32.1. The van der Waals surface area contributed by atoms with E-state index in [1.165, 1.54) is 4.90 Å². The summed E-state index contributed by atoms with van der Waals surface area (Å²) in [5, 5.41) is 24.7. The zero-order valence-corrected chi connectivity index (χ0v) is 38.5. The number of likely N-dealkylation sites (tertiary alicyclic amines) is 2. The lowest BCUT2D eigenvalue weighted by molar-refractivity contribution is -0.140. The molecule has 2 fully saturated rings. The second-order valence-corrected chi connectivity index (χ2v) is 18.4. The standard InChI is InChI=1S/C47H52N8O8S2/c1-6-37(41-15-26(2)52-63-41)47(60)55-22-36(18-39(55)45(58)49-20-31-9-13-33(14-10-31)43-29(5)51-25-65-43)61-23-34-16-40(62-53-34)27(3)46(59)54-21-35(56)17-38(54)44(57)48-19-30-7-11-32(12-8-30)42-28(4)50-24-64-42/h7-16,24-25,27,35-39,56H,6,17-23H2,1-5H3,(H,48,57)(H,49,58)/t27-,35-,36-,37?,38+,39+/m1/s1. The van der Waals surface area contributed by atoms with Crippen LogP contribution in [0.1, 0.15) is 90.4 Å². The average molecular weight is 921 g/mol. The van der Waals surface area contributed by atoms with Gasteiger partial charge in [-0.1, -0.05) is 65.8 Å². The molecule has 4 amide bonds. The highest BCUT2D eigenvalue weighted by Gasteiger charge is 2.44. The number of aliphatic hydroxyl groups excluding tert-OH is 1. The third-order valence-corrected chi connectivity index (χ3v) is 14.1. The minimum Gasteiger partial charge on any atom is -0.391 e. The van der Waals surface area contributed by atoms with E-state index in [1.54, 1.807) is 53.6 Å². The number of aromatic nitrogens is 4. The number of hydrogen-bond donors (Lipinski definition) is 3. The molecule has 0 bridgehead atoms. The minimum absolute atomic E-state index is 0.00616. The lowest BCUT2D eigenvalue weighted by Crippen LogP contribution is -2.47. The summed E-state index contributed by atoms with van der Waals surface area (Å²) in [6, 6.07) is 17.5. The first-order chi connectivity index (χ1) is 31.4. The van der Waals surface area contributed by atoms with Crippen LogP contribution in [0.25, 0.3) is 20.9 Å². The summed E-state index contributed by atoms with van der Waals surface area (Å²) in [4.78, 5) is 69.2. The molecular weight excluding hydrogens is 869 g/mol. The molecule has 2 aliphatic rings. The van der Waals surface area contributed by atoms with E-state index < -0.39 is 36.1 Å². The van der Waals surface area contributed by atoms with Gasteiger partial charge < -0.3 is 39.3 Å². The largest absolute Gasteiger partial charge is 0.391 e. The fourth-order valence-corrected chi connectivity index (χ4v) is 10.1. The molecule has 6 aromatic rings. The van der Waals surface area contributed by atoms with Gasteiger partial charge in [0, 0.05) is 51.2 Å². The maximum absolute atomic E-state index is 14.2. The van der Waals surface area contributed by atoms with E-state index in [2.05, 4.69) is 30.9 Å². The Morgan fingerprint density at radius 3 is 1.85 bits per heavy atom. The Bertz CT molecular complexity index is 2620. The number of carbonyl (C=O) groups is 4. The number of thiazole rings is 2. The van der Waals surface area contributed by atoms with Crippen LogP contribution in [-0.2, 0) is 43.6 Å². The van der Waals surface area contributed by atoms with E-state index in [9.17, 15) is 24.3 Å². The molecule has 2 aliphatic heterocycles. The molecule has 6 heterocycles. The summed E-state index contributed by atoms with van der Waals surface area (Å²) < 4.78 is 17.4. The van der Waals surface area contributed by atoms with Crippen molar-refractivity contribution in [1.82, 2.24) is 40.7 Å². The SMILES string of the molecule is CCC(C(=O)N1C[C@H](OCc2cc([C@@H](C)C(=O)N3C[C@H](O)C[C@H]3C(=O)NCc3ccc(-c4scnc4C)cc3)on2)C[C@H]1C(=O)NCc1ccc(-c2scnc2C)cc1)c1cc(C)no1. The molecule has 0 radical (unpaired) electrons. The second kappa shape index (κ2) is 20.0. The Labute approximate surface area is 384 Å². The van der Waals surface area contributed by atoms with E-state index in [-0.39, 0.29) is 75.0 Å². The molecule has 8 rings (SSSR count). The molecule has 1 unspecified atom stereocenters. The molecule has 3 N–H and O–H groups in total. The Hall–Kier alpha value is -6.08. The molecular formula is C47H52N8O8S2. The summed E-state index contributed by atoms with van der Waals surface area (Å²) in [5.41, 5.74) is 10.5. The van der Waals surface area contributed by atoms with Crippen LogP contribution >= 0.6 is 22.7 Å². The fraction of sp³-hybridized carbons (Fsp3) is 0.404. The average Bonchev–Trinajstić information content (AvgIpc) is 4.19. The van der Waals surface area contributed by atoms with Crippen LogP contribution in [-0.4, -0.2) is 96.2 Å². The van der Waals surface area contributed by atoms with Gasteiger partial charge in [-0.3, -0.25) is 19.2 Å². The molecule has 340 valence electrons. The van der Waals surface area contributed by atoms with Gasteiger partial charge in [0.25, 0.3) is 0 Å². The van der Waals surface area contributed by atoms with Gasteiger partial charge in [-0.2, -0.15) is 0 Å².